The van der Waals surface area contributed by atoms with Crippen molar-refractivity contribution in [3.8, 4) is 5.19 Å². The molecule has 2 aromatic heterocycles. The predicted molar refractivity (Wildman–Crippen MR) is 109 cm³/mol. The van der Waals surface area contributed by atoms with Gasteiger partial charge in [-0.15, -0.1) is 10.2 Å². The molecule has 2 heterocycles. The van der Waals surface area contributed by atoms with Gasteiger partial charge in [-0.3, -0.25) is 0 Å². The van der Waals surface area contributed by atoms with Gasteiger partial charge >= 0.3 is 0 Å². The van der Waals surface area contributed by atoms with Gasteiger partial charge in [0.05, 0.1) is 22.9 Å². The SMILES string of the molecule is CCC(CC)C(c1ccc2nc(OCC3CCCC3)sc2c1)n1cnnc1. The molecule has 0 radical (unpaired) electrons. The van der Waals surface area contributed by atoms with Crippen LogP contribution in [0.5, 0.6) is 5.19 Å². The fraction of sp³-hybridized carbons (Fsp3) is 0.571. The maximum atomic E-state index is 6.02. The van der Waals surface area contributed by atoms with Crippen molar-refractivity contribution >= 4 is 21.6 Å². The molecule has 1 unspecified atom stereocenters. The van der Waals surface area contributed by atoms with E-state index < -0.39 is 0 Å². The highest BCUT2D eigenvalue weighted by atomic mass is 32.1. The van der Waals surface area contributed by atoms with Crippen LogP contribution in [-0.2, 0) is 0 Å². The first-order valence-electron chi connectivity index (χ1n) is 10.2. The standard InChI is InChI=1S/C21H28N4OS/c1-3-16(4-2)20(25-13-22-23-14-25)17-9-10-18-19(11-17)27-21(24-18)26-12-15-7-5-6-8-15/h9-11,13-16,20H,3-8,12H2,1-2H3. The van der Waals surface area contributed by atoms with Crippen molar-refractivity contribution in [2.24, 2.45) is 11.8 Å². The van der Waals surface area contributed by atoms with Crippen molar-refractivity contribution < 1.29 is 4.74 Å². The summed E-state index contributed by atoms with van der Waals surface area (Å²) in [5.41, 5.74) is 2.32. The second-order valence-electron chi connectivity index (χ2n) is 7.60. The lowest BCUT2D eigenvalue weighted by molar-refractivity contribution is 0.251. The van der Waals surface area contributed by atoms with Gasteiger partial charge in [-0.25, -0.2) is 4.98 Å². The molecule has 0 N–H and O–H groups in total. The van der Waals surface area contributed by atoms with Crippen LogP contribution in [0.15, 0.2) is 30.9 Å². The van der Waals surface area contributed by atoms with Gasteiger partial charge in [0.2, 0.25) is 0 Å². The number of nitrogens with zero attached hydrogens (tertiary/aromatic N) is 4. The third-order valence-corrected chi connectivity index (χ3v) is 6.84. The molecule has 1 aliphatic rings. The van der Waals surface area contributed by atoms with Crippen LogP contribution in [0, 0.1) is 11.8 Å². The summed E-state index contributed by atoms with van der Waals surface area (Å²) in [6.45, 7) is 5.32. The van der Waals surface area contributed by atoms with Gasteiger partial charge in [0.1, 0.15) is 12.7 Å². The molecule has 0 bridgehead atoms. The first kappa shape index (κ1) is 18.4. The zero-order chi connectivity index (χ0) is 18.6. The molecule has 1 atom stereocenters. The zero-order valence-electron chi connectivity index (χ0n) is 16.2. The number of fused-ring (bicyclic) bond motifs is 1. The van der Waals surface area contributed by atoms with Crippen molar-refractivity contribution in [1.29, 1.82) is 0 Å². The Bertz CT molecular complexity index is 850. The lowest BCUT2D eigenvalue weighted by atomic mass is 9.88. The predicted octanol–water partition coefficient (Wildman–Crippen LogP) is 5.48. The van der Waals surface area contributed by atoms with Crippen LogP contribution in [0.4, 0.5) is 0 Å². The van der Waals surface area contributed by atoms with Gasteiger partial charge < -0.3 is 9.30 Å². The smallest absolute Gasteiger partial charge is 0.274 e. The Morgan fingerprint density at radius 3 is 2.59 bits per heavy atom. The summed E-state index contributed by atoms with van der Waals surface area (Å²) < 4.78 is 9.35. The molecule has 144 valence electrons. The van der Waals surface area contributed by atoms with E-state index in [2.05, 4.69) is 51.8 Å². The van der Waals surface area contributed by atoms with Crippen molar-refractivity contribution in [2.45, 2.75) is 58.4 Å². The highest BCUT2D eigenvalue weighted by Gasteiger charge is 2.23. The van der Waals surface area contributed by atoms with E-state index in [9.17, 15) is 0 Å². The minimum Gasteiger partial charge on any atom is -0.470 e. The Morgan fingerprint density at radius 1 is 1.15 bits per heavy atom. The lowest BCUT2D eigenvalue weighted by Gasteiger charge is -2.26. The summed E-state index contributed by atoms with van der Waals surface area (Å²) in [6, 6.07) is 6.86. The normalized spacial score (nSPS) is 16.4. The van der Waals surface area contributed by atoms with Crippen LogP contribution >= 0.6 is 11.3 Å². The molecule has 27 heavy (non-hydrogen) atoms. The van der Waals surface area contributed by atoms with E-state index in [-0.39, 0.29) is 6.04 Å². The largest absolute Gasteiger partial charge is 0.470 e. The third kappa shape index (κ3) is 4.00. The molecule has 3 aromatic rings. The van der Waals surface area contributed by atoms with Crippen LogP contribution < -0.4 is 4.74 Å². The minimum atomic E-state index is 0.254. The minimum absolute atomic E-state index is 0.254. The molecule has 4 rings (SSSR count). The maximum Gasteiger partial charge on any atom is 0.274 e. The van der Waals surface area contributed by atoms with Crippen LogP contribution in [0.3, 0.4) is 0 Å². The molecule has 1 aromatic carbocycles. The topological polar surface area (TPSA) is 52.8 Å². The Morgan fingerprint density at radius 2 is 1.89 bits per heavy atom. The summed E-state index contributed by atoms with van der Waals surface area (Å²) in [6.07, 6.45) is 11.2. The summed E-state index contributed by atoms with van der Waals surface area (Å²) in [4.78, 5) is 4.69. The number of hydrogen-bond donors (Lipinski definition) is 0. The van der Waals surface area contributed by atoms with E-state index in [4.69, 9.17) is 4.74 Å². The van der Waals surface area contributed by atoms with E-state index in [0.717, 1.165) is 30.2 Å². The molecule has 0 spiro atoms. The Hall–Kier alpha value is -1.95. The highest BCUT2D eigenvalue weighted by molar-refractivity contribution is 7.20. The van der Waals surface area contributed by atoms with Crippen LogP contribution in [0.1, 0.15) is 64.0 Å². The molecule has 1 fully saturated rings. The van der Waals surface area contributed by atoms with E-state index in [1.54, 1.807) is 11.3 Å². The number of thiazole rings is 1. The molecule has 0 amide bonds. The van der Waals surface area contributed by atoms with E-state index in [0.29, 0.717) is 11.8 Å². The molecule has 5 nitrogen and oxygen atoms in total. The third-order valence-electron chi connectivity index (χ3n) is 5.90. The first-order valence-corrected chi connectivity index (χ1v) is 11.0. The highest BCUT2D eigenvalue weighted by Crippen LogP contribution is 2.36. The summed E-state index contributed by atoms with van der Waals surface area (Å²) in [7, 11) is 0. The first-order chi connectivity index (χ1) is 13.3. The maximum absolute atomic E-state index is 6.02. The van der Waals surface area contributed by atoms with Crippen LogP contribution in [0.25, 0.3) is 10.2 Å². The van der Waals surface area contributed by atoms with Crippen molar-refractivity contribution in [2.75, 3.05) is 6.61 Å². The molecular formula is C21H28N4OS. The number of rotatable bonds is 8. The molecule has 0 aliphatic heterocycles. The van der Waals surface area contributed by atoms with Gasteiger partial charge in [-0.05, 0) is 42.4 Å². The monoisotopic (exact) mass is 384 g/mol. The van der Waals surface area contributed by atoms with E-state index in [1.807, 2.05) is 12.7 Å². The van der Waals surface area contributed by atoms with Crippen molar-refractivity contribution in [3.63, 3.8) is 0 Å². The van der Waals surface area contributed by atoms with Crippen LogP contribution in [0.2, 0.25) is 0 Å². The fourth-order valence-corrected chi connectivity index (χ4v) is 5.18. The molecule has 1 saturated carbocycles. The summed E-state index contributed by atoms with van der Waals surface area (Å²) >= 11 is 1.66. The zero-order valence-corrected chi connectivity index (χ0v) is 17.0. The lowest BCUT2D eigenvalue weighted by Crippen LogP contribution is -2.19. The van der Waals surface area contributed by atoms with Gasteiger partial charge in [0, 0.05) is 0 Å². The average molecular weight is 385 g/mol. The van der Waals surface area contributed by atoms with Crippen molar-refractivity contribution in [1.82, 2.24) is 19.7 Å². The Balaban J connectivity index is 1.59. The fourth-order valence-electron chi connectivity index (χ4n) is 4.31. The van der Waals surface area contributed by atoms with Crippen LogP contribution in [-0.4, -0.2) is 26.4 Å². The number of aromatic nitrogens is 4. The van der Waals surface area contributed by atoms with E-state index >= 15 is 0 Å². The summed E-state index contributed by atoms with van der Waals surface area (Å²) in [5.74, 6) is 1.25. The molecule has 6 heteroatoms. The molecule has 1 aliphatic carbocycles. The number of benzene rings is 1. The van der Waals surface area contributed by atoms with E-state index in [1.165, 1.54) is 35.9 Å². The molecule has 0 saturated heterocycles. The quantitative estimate of drug-likeness (QED) is 0.516. The van der Waals surface area contributed by atoms with Crippen molar-refractivity contribution in [3.05, 3.63) is 36.4 Å². The Kier molecular flexibility index (Phi) is 5.72. The Labute approximate surface area is 164 Å². The number of hydrogen-bond acceptors (Lipinski definition) is 5. The second-order valence-corrected chi connectivity index (χ2v) is 8.59. The molecular weight excluding hydrogens is 356 g/mol. The van der Waals surface area contributed by atoms with Gasteiger partial charge in [0.25, 0.3) is 5.19 Å². The van der Waals surface area contributed by atoms with Gasteiger partial charge in [-0.2, -0.15) is 0 Å². The van der Waals surface area contributed by atoms with Gasteiger partial charge in [0.15, 0.2) is 0 Å². The second kappa shape index (κ2) is 8.38. The number of ether oxygens (including phenoxy) is 1. The average Bonchev–Trinajstić information content (AvgIpc) is 3.45. The van der Waals surface area contributed by atoms with Gasteiger partial charge in [-0.1, -0.05) is 56.9 Å². The summed E-state index contributed by atoms with van der Waals surface area (Å²) in [5, 5.41) is 8.87.